The van der Waals surface area contributed by atoms with Crippen molar-refractivity contribution in [1.82, 2.24) is 10.2 Å². The van der Waals surface area contributed by atoms with E-state index in [1.807, 2.05) is 0 Å². The molecule has 0 radical (unpaired) electrons. The van der Waals surface area contributed by atoms with Crippen LogP contribution in [0.15, 0.2) is 35.9 Å². The number of hydrogen-bond acceptors (Lipinski definition) is 2. The largest absolute Gasteiger partial charge is 0.478 e. The smallest absolute Gasteiger partial charge is 0.335 e. The molecular formula is C15H18N2O3. The summed E-state index contributed by atoms with van der Waals surface area (Å²) in [5.74, 6) is -0.948. The highest BCUT2D eigenvalue weighted by molar-refractivity contribution is 5.87. The Morgan fingerprint density at radius 1 is 1.30 bits per heavy atom. The first-order valence-electron chi connectivity index (χ1n) is 6.57. The molecule has 0 aliphatic carbocycles. The number of benzene rings is 1. The number of nitrogens with one attached hydrogen (secondary N) is 1. The first-order chi connectivity index (χ1) is 9.56. The molecule has 1 heterocycles. The van der Waals surface area contributed by atoms with E-state index in [0.29, 0.717) is 13.1 Å². The molecular weight excluding hydrogens is 256 g/mol. The van der Waals surface area contributed by atoms with Gasteiger partial charge in [0.1, 0.15) is 0 Å². The van der Waals surface area contributed by atoms with E-state index in [-0.39, 0.29) is 11.6 Å². The lowest BCUT2D eigenvalue weighted by Crippen LogP contribution is -2.41. The molecule has 2 rings (SSSR count). The molecule has 1 aromatic rings. The number of urea groups is 1. The summed E-state index contributed by atoms with van der Waals surface area (Å²) in [6, 6.07) is 6.41. The van der Waals surface area contributed by atoms with Crippen LogP contribution in [0.1, 0.15) is 29.3 Å². The third-order valence-electron chi connectivity index (χ3n) is 3.37. The lowest BCUT2D eigenvalue weighted by molar-refractivity contribution is 0.0697. The fourth-order valence-electron chi connectivity index (χ4n) is 2.01. The summed E-state index contributed by atoms with van der Waals surface area (Å²) < 4.78 is 0. The Morgan fingerprint density at radius 3 is 2.55 bits per heavy atom. The maximum Gasteiger partial charge on any atom is 0.335 e. The van der Waals surface area contributed by atoms with Crippen LogP contribution in [0.3, 0.4) is 0 Å². The van der Waals surface area contributed by atoms with Gasteiger partial charge in [0.15, 0.2) is 0 Å². The molecule has 0 unspecified atom stereocenters. The lowest BCUT2D eigenvalue weighted by atomic mass is 10.1. The van der Waals surface area contributed by atoms with Crippen molar-refractivity contribution >= 4 is 12.0 Å². The maximum absolute atomic E-state index is 11.9. The molecule has 2 amide bonds. The van der Waals surface area contributed by atoms with E-state index in [1.165, 1.54) is 17.7 Å². The average Bonchev–Trinajstić information content (AvgIpc) is 2.46. The number of carboxylic acid groups (broad SMARTS) is 1. The van der Waals surface area contributed by atoms with Crippen molar-refractivity contribution in [3.63, 3.8) is 0 Å². The average molecular weight is 274 g/mol. The summed E-state index contributed by atoms with van der Waals surface area (Å²) >= 11 is 0. The van der Waals surface area contributed by atoms with Gasteiger partial charge in [-0.25, -0.2) is 9.59 Å². The molecule has 5 heteroatoms. The van der Waals surface area contributed by atoms with E-state index < -0.39 is 5.97 Å². The first-order valence-corrected chi connectivity index (χ1v) is 6.57. The number of carbonyl (C=O) groups excluding carboxylic acids is 1. The van der Waals surface area contributed by atoms with Gasteiger partial charge in [-0.1, -0.05) is 23.8 Å². The number of nitrogens with zero attached hydrogens (tertiary/aromatic N) is 1. The van der Waals surface area contributed by atoms with E-state index in [2.05, 4.69) is 18.3 Å². The minimum absolute atomic E-state index is 0.0870. The zero-order valence-electron chi connectivity index (χ0n) is 11.4. The zero-order chi connectivity index (χ0) is 14.5. The molecule has 0 fully saturated rings. The van der Waals surface area contributed by atoms with Crippen LogP contribution in [0.4, 0.5) is 4.79 Å². The van der Waals surface area contributed by atoms with Crippen LogP contribution >= 0.6 is 0 Å². The quantitative estimate of drug-likeness (QED) is 0.830. The molecule has 0 spiro atoms. The second kappa shape index (κ2) is 6.23. The summed E-state index contributed by atoms with van der Waals surface area (Å²) in [5, 5.41) is 11.6. The predicted molar refractivity (Wildman–Crippen MR) is 75.6 cm³/mol. The van der Waals surface area contributed by atoms with E-state index in [0.717, 1.165) is 18.5 Å². The van der Waals surface area contributed by atoms with Gasteiger partial charge in [-0.05, 0) is 31.0 Å². The van der Waals surface area contributed by atoms with Crippen LogP contribution in [-0.4, -0.2) is 35.1 Å². The van der Waals surface area contributed by atoms with Gasteiger partial charge in [0.05, 0.1) is 5.56 Å². The SMILES string of the molecule is CC1=CCN(C(=O)NCc2ccc(C(=O)O)cc2)CC1. The van der Waals surface area contributed by atoms with E-state index in [4.69, 9.17) is 5.11 Å². The normalized spacial score (nSPS) is 14.7. The van der Waals surface area contributed by atoms with Crippen molar-refractivity contribution in [2.75, 3.05) is 13.1 Å². The topological polar surface area (TPSA) is 69.6 Å². The number of hydrogen-bond donors (Lipinski definition) is 2. The van der Waals surface area contributed by atoms with E-state index in [9.17, 15) is 9.59 Å². The van der Waals surface area contributed by atoms with Gasteiger partial charge in [0.2, 0.25) is 0 Å². The first kappa shape index (κ1) is 14.1. The van der Waals surface area contributed by atoms with Crippen LogP contribution in [0.5, 0.6) is 0 Å². The monoisotopic (exact) mass is 274 g/mol. The van der Waals surface area contributed by atoms with Gasteiger partial charge in [0, 0.05) is 19.6 Å². The number of carboxylic acids is 1. The summed E-state index contributed by atoms with van der Waals surface area (Å²) in [7, 11) is 0. The standard InChI is InChI=1S/C15H18N2O3/c1-11-6-8-17(9-7-11)15(20)16-10-12-2-4-13(5-3-12)14(18)19/h2-6H,7-10H2,1H3,(H,16,20)(H,18,19). The zero-order valence-corrected chi connectivity index (χ0v) is 11.4. The molecule has 106 valence electrons. The summed E-state index contributed by atoms with van der Waals surface area (Å²) in [6.45, 7) is 3.86. The molecule has 0 saturated heterocycles. The summed E-state index contributed by atoms with van der Waals surface area (Å²) in [5.41, 5.74) is 2.45. The van der Waals surface area contributed by atoms with Crippen molar-refractivity contribution < 1.29 is 14.7 Å². The van der Waals surface area contributed by atoms with E-state index in [1.54, 1.807) is 17.0 Å². The second-order valence-corrected chi connectivity index (χ2v) is 4.91. The minimum atomic E-state index is -0.948. The molecule has 0 saturated carbocycles. The Kier molecular flexibility index (Phi) is 4.40. The summed E-state index contributed by atoms with van der Waals surface area (Å²) in [6.07, 6.45) is 2.98. The highest BCUT2D eigenvalue weighted by Gasteiger charge is 2.15. The van der Waals surface area contributed by atoms with Gasteiger partial charge in [-0.2, -0.15) is 0 Å². The van der Waals surface area contributed by atoms with Gasteiger partial charge < -0.3 is 15.3 Å². The fourth-order valence-corrected chi connectivity index (χ4v) is 2.01. The Hall–Kier alpha value is -2.30. The van der Waals surface area contributed by atoms with Gasteiger partial charge in [-0.15, -0.1) is 0 Å². The Bertz CT molecular complexity index is 535. The number of amides is 2. The highest BCUT2D eigenvalue weighted by Crippen LogP contribution is 2.10. The molecule has 1 aliphatic heterocycles. The molecule has 1 aromatic carbocycles. The lowest BCUT2D eigenvalue weighted by Gasteiger charge is -2.25. The van der Waals surface area contributed by atoms with Crippen molar-refractivity contribution in [3.05, 3.63) is 47.0 Å². The molecule has 1 aliphatic rings. The van der Waals surface area contributed by atoms with Crippen molar-refractivity contribution in [2.24, 2.45) is 0 Å². The summed E-state index contributed by atoms with van der Waals surface area (Å²) in [4.78, 5) is 24.4. The fraction of sp³-hybridized carbons (Fsp3) is 0.333. The second-order valence-electron chi connectivity index (χ2n) is 4.91. The van der Waals surface area contributed by atoms with Crippen LogP contribution in [-0.2, 0) is 6.54 Å². The highest BCUT2D eigenvalue weighted by atomic mass is 16.4. The molecule has 20 heavy (non-hydrogen) atoms. The minimum Gasteiger partial charge on any atom is -0.478 e. The van der Waals surface area contributed by atoms with Crippen molar-refractivity contribution in [1.29, 1.82) is 0 Å². The van der Waals surface area contributed by atoms with E-state index >= 15 is 0 Å². The molecule has 0 bridgehead atoms. The number of aromatic carboxylic acids is 1. The van der Waals surface area contributed by atoms with Crippen LogP contribution in [0.2, 0.25) is 0 Å². The maximum atomic E-state index is 11.9. The van der Waals surface area contributed by atoms with Crippen LogP contribution in [0, 0.1) is 0 Å². The van der Waals surface area contributed by atoms with Gasteiger partial charge in [0.25, 0.3) is 0 Å². The van der Waals surface area contributed by atoms with Crippen molar-refractivity contribution in [3.8, 4) is 0 Å². The third-order valence-corrected chi connectivity index (χ3v) is 3.37. The Labute approximate surface area is 117 Å². The molecule has 0 aromatic heterocycles. The molecule has 2 N–H and O–H groups in total. The van der Waals surface area contributed by atoms with Crippen LogP contribution in [0.25, 0.3) is 0 Å². The van der Waals surface area contributed by atoms with Crippen molar-refractivity contribution in [2.45, 2.75) is 19.9 Å². The third kappa shape index (κ3) is 3.60. The van der Waals surface area contributed by atoms with Crippen LogP contribution < -0.4 is 5.32 Å². The number of carbonyl (C=O) groups is 2. The van der Waals surface area contributed by atoms with Gasteiger partial charge >= 0.3 is 12.0 Å². The predicted octanol–water partition coefficient (Wildman–Crippen LogP) is 2.25. The number of rotatable bonds is 3. The Balaban J connectivity index is 1.85. The molecule has 0 atom stereocenters. The van der Waals surface area contributed by atoms with Gasteiger partial charge in [-0.3, -0.25) is 0 Å². The Morgan fingerprint density at radius 2 is 2.00 bits per heavy atom. The molecule has 5 nitrogen and oxygen atoms in total.